The van der Waals surface area contributed by atoms with E-state index in [0.717, 1.165) is 20.8 Å². The van der Waals surface area contributed by atoms with E-state index < -0.39 is 0 Å². The third-order valence-electron chi connectivity index (χ3n) is 2.58. The summed E-state index contributed by atoms with van der Waals surface area (Å²) in [4.78, 5) is 1.07. The Hall–Kier alpha value is -1.04. The minimum Gasteiger partial charge on any atom is -0.495 e. The molecule has 0 spiro atoms. The molecule has 0 saturated heterocycles. The van der Waals surface area contributed by atoms with E-state index in [9.17, 15) is 5.11 Å². The molecule has 0 bridgehead atoms. The molecule has 0 radical (unpaired) electrons. The topological polar surface area (TPSA) is 41.5 Å². The predicted molar refractivity (Wildman–Crippen MR) is 78.5 cm³/mol. The Balaban J connectivity index is 2.23. The van der Waals surface area contributed by atoms with E-state index in [4.69, 9.17) is 4.74 Å². The minimum atomic E-state index is -0.143. The van der Waals surface area contributed by atoms with Crippen molar-refractivity contribution in [3.63, 3.8) is 0 Å². The van der Waals surface area contributed by atoms with Crippen LogP contribution >= 0.6 is 27.3 Å². The molecule has 1 unspecified atom stereocenters. The van der Waals surface area contributed by atoms with Crippen LogP contribution in [-0.4, -0.2) is 18.8 Å². The van der Waals surface area contributed by atoms with Gasteiger partial charge in [0.25, 0.3) is 0 Å². The van der Waals surface area contributed by atoms with E-state index in [1.165, 1.54) is 0 Å². The molecule has 2 N–H and O–H groups in total. The number of rotatable bonds is 5. The normalized spacial score (nSPS) is 12.2. The van der Waals surface area contributed by atoms with Gasteiger partial charge in [0.15, 0.2) is 0 Å². The fraction of sp³-hybridized carbons (Fsp3) is 0.231. The van der Waals surface area contributed by atoms with Gasteiger partial charge in [0.2, 0.25) is 0 Å². The monoisotopic (exact) mass is 327 g/mol. The maximum Gasteiger partial charge on any atom is 0.141 e. The largest absolute Gasteiger partial charge is 0.495 e. The summed E-state index contributed by atoms with van der Waals surface area (Å²) in [5.41, 5.74) is 0.874. The summed E-state index contributed by atoms with van der Waals surface area (Å²) in [5.74, 6) is 0.767. The van der Waals surface area contributed by atoms with Crippen LogP contribution in [0.4, 0.5) is 5.69 Å². The molecule has 0 saturated carbocycles. The van der Waals surface area contributed by atoms with Gasteiger partial charge in [0.05, 0.1) is 25.4 Å². The average Bonchev–Trinajstić information content (AvgIpc) is 2.82. The van der Waals surface area contributed by atoms with Crippen molar-refractivity contribution in [2.24, 2.45) is 0 Å². The molecular formula is C13H14BrNO2S. The first-order chi connectivity index (χ1) is 8.76. The maximum atomic E-state index is 9.53. The third-order valence-corrected chi connectivity index (χ3v) is 4.57. The van der Waals surface area contributed by atoms with Gasteiger partial charge in [-0.15, -0.1) is 11.3 Å². The summed E-state index contributed by atoms with van der Waals surface area (Å²) in [6.45, 7) is 0.0250. The summed E-state index contributed by atoms with van der Waals surface area (Å²) in [6.07, 6.45) is 0. The number of hydrogen-bond acceptors (Lipinski definition) is 4. The van der Waals surface area contributed by atoms with Crippen LogP contribution in [0.1, 0.15) is 10.9 Å². The van der Waals surface area contributed by atoms with E-state index in [1.54, 1.807) is 18.4 Å². The van der Waals surface area contributed by atoms with Crippen molar-refractivity contribution in [2.45, 2.75) is 6.04 Å². The van der Waals surface area contributed by atoms with Crippen molar-refractivity contribution in [3.8, 4) is 5.75 Å². The quantitative estimate of drug-likeness (QED) is 0.880. The van der Waals surface area contributed by atoms with Crippen LogP contribution in [0.15, 0.2) is 40.2 Å². The Bertz CT molecular complexity index is 515. The van der Waals surface area contributed by atoms with Gasteiger partial charge >= 0.3 is 0 Å². The van der Waals surface area contributed by atoms with Crippen molar-refractivity contribution in [1.29, 1.82) is 0 Å². The molecule has 3 nitrogen and oxygen atoms in total. The number of nitrogens with one attached hydrogen (secondary N) is 1. The zero-order valence-corrected chi connectivity index (χ0v) is 12.3. The minimum absolute atomic E-state index is 0.0250. The zero-order valence-electron chi connectivity index (χ0n) is 9.89. The van der Waals surface area contributed by atoms with E-state index >= 15 is 0 Å². The number of hydrogen-bond donors (Lipinski definition) is 2. The molecule has 0 aliphatic heterocycles. The number of para-hydroxylation sites is 2. The van der Waals surface area contributed by atoms with Crippen LogP contribution < -0.4 is 10.1 Å². The predicted octanol–water partition coefficient (Wildman–Crippen LogP) is 3.66. The first kappa shape index (κ1) is 13.4. The van der Waals surface area contributed by atoms with Crippen LogP contribution in [-0.2, 0) is 0 Å². The lowest BCUT2D eigenvalue weighted by Gasteiger charge is -2.18. The molecule has 2 rings (SSSR count). The molecule has 2 aromatic rings. The van der Waals surface area contributed by atoms with Gasteiger partial charge in [0.1, 0.15) is 5.75 Å². The highest BCUT2D eigenvalue weighted by Gasteiger charge is 2.16. The lowest BCUT2D eigenvalue weighted by atomic mass is 10.2. The number of benzene rings is 1. The van der Waals surface area contributed by atoms with Gasteiger partial charge in [0, 0.05) is 9.35 Å². The zero-order chi connectivity index (χ0) is 13.0. The number of anilines is 1. The van der Waals surface area contributed by atoms with Crippen molar-refractivity contribution in [1.82, 2.24) is 0 Å². The molecule has 1 aromatic heterocycles. The van der Waals surface area contributed by atoms with Crippen molar-refractivity contribution in [2.75, 3.05) is 19.0 Å². The molecule has 5 heteroatoms. The standard InChI is InChI=1S/C13H14BrNO2S/c1-17-12-5-3-2-4-10(12)15-11(8-16)13-9(14)6-7-18-13/h2-7,11,15-16H,8H2,1H3. The fourth-order valence-electron chi connectivity index (χ4n) is 1.70. The van der Waals surface area contributed by atoms with Crippen LogP contribution in [0.3, 0.4) is 0 Å². The maximum absolute atomic E-state index is 9.53. The van der Waals surface area contributed by atoms with Gasteiger partial charge in [-0.1, -0.05) is 12.1 Å². The Labute approximate surface area is 119 Å². The molecule has 0 aliphatic rings. The number of ether oxygens (including phenoxy) is 1. The van der Waals surface area contributed by atoms with Crippen LogP contribution in [0, 0.1) is 0 Å². The van der Waals surface area contributed by atoms with Gasteiger partial charge in [-0.2, -0.15) is 0 Å². The Morgan fingerprint density at radius 3 is 2.78 bits per heavy atom. The first-order valence-corrected chi connectivity index (χ1v) is 7.17. The smallest absolute Gasteiger partial charge is 0.141 e. The molecule has 0 aliphatic carbocycles. The molecule has 0 amide bonds. The third kappa shape index (κ3) is 2.85. The van der Waals surface area contributed by atoms with Crippen molar-refractivity contribution >= 4 is 33.0 Å². The Kier molecular flexibility index (Phi) is 4.63. The van der Waals surface area contributed by atoms with E-state index in [2.05, 4.69) is 21.2 Å². The highest BCUT2D eigenvalue weighted by Crippen LogP contribution is 2.33. The number of methoxy groups -OCH3 is 1. The molecule has 1 aromatic carbocycles. The average molecular weight is 328 g/mol. The number of aliphatic hydroxyl groups is 1. The Morgan fingerprint density at radius 2 is 2.17 bits per heavy atom. The van der Waals surface area contributed by atoms with Gasteiger partial charge in [-0.05, 0) is 39.5 Å². The second-order valence-corrected chi connectivity index (χ2v) is 5.51. The molecule has 96 valence electrons. The second-order valence-electron chi connectivity index (χ2n) is 3.71. The van der Waals surface area contributed by atoms with E-state index in [1.807, 2.05) is 35.7 Å². The molecule has 1 atom stereocenters. The number of halogens is 1. The summed E-state index contributed by atoms with van der Waals surface area (Å²) in [7, 11) is 1.63. The van der Waals surface area contributed by atoms with Gasteiger partial charge in [-0.25, -0.2) is 0 Å². The SMILES string of the molecule is COc1ccccc1NC(CO)c1sccc1Br. The first-order valence-electron chi connectivity index (χ1n) is 5.49. The van der Waals surface area contributed by atoms with E-state index in [0.29, 0.717) is 0 Å². The van der Waals surface area contributed by atoms with Crippen LogP contribution in [0.25, 0.3) is 0 Å². The Morgan fingerprint density at radius 1 is 1.39 bits per heavy atom. The van der Waals surface area contributed by atoms with Gasteiger partial charge in [-0.3, -0.25) is 0 Å². The molecule has 0 fully saturated rings. The highest BCUT2D eigenvalue weighted by molar-refractivity contribution is 9.10. The number of aliphatic hydroxyl groups excluding tert-OH is 1. The van der Waals surface area contributed by atoms with Crippen molar-refractivity contribution < 1.29 is 9.84 Å². The van der Waals surface area contributed by atoms with E-state index in [-0.39, 0.29) is 12.6 Å². The summed E-state index contributed by atoms with van der Waals surface area (Å²) in [6, 6.07) is 9.51. The highest BCUT2D eigenvalue weighted by atomic mass is 79.9. The fourth-order valence-corrected chi connectivity index (χ4v) is 3.39. The molecule has 18 heavy (non-hydrogen) atoms. The lowest BCUT2D eigenvalue weighted by molar-refractivity contribution is 0.277. The molecular weight excluding hydrogens is 314 g/mol. The van der Waals surface area contributed by atoms with Crippen LogP contribution in [0.2, 0.25) is 0 Å². The lowest BCUT2D eigenvalue weighted by Crippen LogP contribution is -2.14. The summed E-state index contributed by atoms with van der Waals surface area (Å²) < 4.78 is 6.29. The summed E-state index contributed by atoms with van der Waals surface area (Å²) in [5, 5.41) is 14.8. The van der Waals surface area contributed by atoms with Crippen LogP contribution in [0.5, 0.6) is 5.75 Å². The summed E-state index contributed by atoms with van der Waals surface area (Å²) >= 11 is 5.09. The van der Waals surface area contributed by atoms with Gasteiger partial charge < -0.3 is 15.2 Å². The number of thiophene rings is 1. The second kappa shape index (κ2) is 6.22. The van der Waals surface area contributed by atoms with Crippen molar-refractivity contribution in [3.05, 3.63) is 45.1 Å². The molecule has 1 heterocycles.